The quantitative estimate of drug-likeness (QED) is 0.190. The van der Waals surface area contributed by atoms with E-state index in [1.807, 2.05) is 6.92 Å². The van der Waals surface area contributed by atoms with Gasteiger partial charge in [-0.05, 0) is 6.42 Å². The number of nitrogens with two attached hydrogens (primary N) is 1. The fraction of sp³-hybridized carbons (Fsp3) is 0.643. The van der Waals surface area contributed by atoms with Gasteiger partial charge >= 0.3 is 65.1 Å². The van der Waals surface area contributed by atoms with Crippen molar-refractivity contribution in [3.63, 3.8) is 0 Å². The van der Waals surface area contributed by atoms with Crippen LogP contribution in [-0.4, -0.2) is 61.3 Å². The summed E-state index contributed by atoms with van der Waals surface area (Å²) >= 11 is 0. The van der Waals surface area contributed by atoms with E-state index in [1.54, 1.807) is 0 Å². The van der Waals surface area contributed by atoms with Crippen LogP contribution in [0.5, 0.6) is 6.01 Å². The minimum atomic E-state index is -5.26. The maximum absolute atomic E-state index is 10.6. The van der Waals surface area contributed by atoms with Crippen molar-refractivity contribution >= 4 is 24.8 Å². The summed E-state index contributed by atoms with van der Waals surface area (Å²) in [5, 5.41) is 20.4. The number of imidazole rings is 1. The second-order valence-corrected chi connectivity index (χ2v) is 7.36. The van der Waals surface area contributed by atoms with E-state index in [9.17, 15) is 24.6 Å². The van der Waals surface area contributed by atoms with Gasteiger partial charge < -0.3 is 44.3 Å². The summed E-state index contributed by atoms with van der Waals surface area (Å²) in [6.07, 6.45) is -2.42. The van der Waals surface area contributed by atoms with Gasteiger partial charge in [-0.15, -0.1) is 0 Å². The van der Waals surface area contributed by atoms with Crippen LogP contribution >= 0.6 is 7.82 Å². The Kier molecular flexibility index (Phi) is 11.1. The molecule has 0 aliphatic carbocycles. The van der Waals surface area contributed by atoms with Crippen molar-refractivity contribution in [1.29, 1.82) is 0 Å². The average molecular weight is 463 g/mol. The number of anilines is 1. The summed E-state index contributed by atoms with van der Waals surface area (Å²) in [6.45, 7) is 1.65. The van der Waals surface area contributed by atoms with Crippen LogP contribution in [0.1, 0.15) is 26.0 Å². The van der Waals surface area contributed by atoms with Crippen LogP contribution < -0.4 is 79.4 Å². The number of hydrogen-bond donors (Lipinski definition) is 3. The number of nitrogen functional groups attached to an aromatic ring is 1. The van der Waals surface area contributed by atoms with Gasteiger partial charge in [-0.1, -0.05) is 13.3 Å². The van der Waals surface area contributed by atoms with Gasteiger partial charge in [-0.3, -0.25) is 4.57 Å². The predicted molar refractivity (Wildman–Crippen MR) is 89.6 cm³/mol. The summed E-state index contributed by atoms with van der Waals surface area (Å²) in [5.74, 6) is 0.0572. The summed E-state index contributed by atoms with van der Waals surface area (Å²) < 4.78 is 27.0. The molecule has 1 aliphatic rings. The zero-order chi connectivity index (χ0) is 20.5. The molecule has 1 saturated heterocycles. The van der Waals surface area contributed by atoms with Gasteiger partial charge in [0.05, 0.1) is 27.4 Å². The SMILES string of the molecule is CCCCOc1nc(N)c2ncn(C3O[C@H](COP(=O)([O-])[O-])[C@@H](O)[C@H]3O)c2n1.[Na+].[Na+]. The number of ether oxygens (including phenoxy) is 2. The number of nitrogens with zero attached hydrogens (tertiary/aromatic N) is 4. The van der Waals surface area contributed by atoms with Gasteiger partial charge in [0.15, 0.2) is 23.2 Å². The number of fused-ring (bicyclic) bond motifs is 1. The van der Waals surface area contributed by atoms with E-state index in [4.69, 9.17) is 15.2 Å². The molecule has 4 N–H and O–H groups in total. The minimum Gasteiger partial charge on any atom is -0.790 e. The summed E-state index contributed by atoms with van der Waals surface area (Å²) in [5.41, 5.74) is 6.30. The summed E-state index contributed by atoms with van der Waals surface area (Å²) in [7, 11) is -5.26. The van der Waals surface area contributed by atoms with E-state index < -0.39 is 39.0 Å². The predicted octanol–water partition coefficient (Wildman–Crippen LogP) is -7.94. The molecular weight excluding hydrogens is 443 g/mol. The molecule has 1 fully saturated rings. The van der Waals surface area contributed by atoms with E-state index >= 15 is 0 Å². The monoisotopic (exact) mass is 463 g/mol. The second kappa shape index (κ2) is 11.8. The van der Waals surface area contributed by atoms with Gasteiger partial charge in [-0.25, -0.2) is 4.98 Å². The molecule has 30 heavy (non-hydrogen) atoms. The molecule has 156 valence electrons. The van der Waals surface area contributed by atoms with Crippen LogP contribution in [0.3, 0.4) is 0 Å². The van der Waals surface area contributed by atoms with E-state index in [1.165, 1.54) is 10.9 Å². The van der Waals surface area contributed by atoms with Gasteiger partial charge in [0, 0.05) is 0 Å². The second-order valence-electron chi connectivity index (χ2n) is 6.21. The number of unbranched alkanes of at least 4 members (excludes halogenated alkanes) is 1. The third kappa shape index (κ3) is 6.58. The molecule has 0 amide bonds. The van der Waals surface area contributed by atoms with Crippen molar-refractivity contribution < 1.29 is 97.7 Å². The first kappa shape index (κ1) is 28.2. The van der Waals surface area contributed by atoms with Crippen LogP contribution in [0.25, 0.3) is 11.2 Å². The molecule has 1 unspecified atom stereocenters. The average Bonchev–Trinajstić information content (AvgIpc) is 3.15. The Morgan fingerprint density at radius 2 is 2.00 bits per heavy atom. The summed E-state index contributed by atoms with van der Waals surface area (Å²) in [6, 6.07) is 0.0202. The maximum Gasteiger partial charge on any atom is 1.00 e. The molecule has 13 nitrogen and oxygen atoms in total. The molecule has 0 spiro atoms. The van der Waals surface area contributed by atoms with E-state index in [-0.39, 0.29) is 82.1 Å². The first-order chi connectivity index (χ1) is 13.2. The Hall–Kier alpha value is 0.140. The van der Waals surface area contributed by atoms with Crippen LogP contribution in [0.2, 0.25) is 0 Å². The number of aliphatic hydroxyl groups excluding tert-OH is 2. The molecule has 0 saturated carbocycles. The van der Waals surface area contributed by atoms with Crippen molar-refractivity contribution in [2.24, 2.45) is 0 Å². The van der Waals surface area contributed by atoms with Crippen LogP contribution in [-0.2, 0) is 13.8 Å². The van der Waals surface area contributed by atoms with E-state index in [0.29, 0.717) is 6.61 Å². The van der Waals surface area contributed by atoms with Crippen LogP contribution in [0.15, 0.2) is 6.33 Å². The Balaban J connectivity index is 0.00000225. The van der Waals surface area contributed by atoms with E-state index in [2.05, 4.69) is 19.5 Å². The Labute approximate surface area is 216 Å². The Morgan fingerprint density at radius 1 is 1.30 bits per heavy atom. The van der Waals surface area contributed by atoms with Gasteiger partial charge in [0.25, 0.3) is 0 Å². The molecule has 2 aromatic rings. The zero-order valence-electron chi connectivity index (χ0n) is 16.9. The first-order valence-electron chi connectivity index (χ1n) is 8.52. The van der Waals surface area contributed by atoms with Crippen molar-refractivity contribution in [2.75, 3.05) is 18.9 Å². The number of aromatic nitrogens is 4. The molecule has 16 heteroatoms. The standard InChI is InChI=1S/C14H22N5O8P.2Na/c1-2-3-4-25-14-17-11(15)8-12(18-14)19(6-16-8)13-10(21)9(20)7(27-13)5-26-28(22,23)24;;/h6-7,9-10,13,20-21H,2-5H2,1H3,(H2,15,17,18)(H2,22,23,24);;/q;2*+1/p-2/t7-,9-,10-,13?;;/m1../s1. The smallest absolute Gasteiger partial charge is 0.790 e. The number of phosphoric acid groups is 1. The molecule has 3 heterocycles. The molecule has 1 aliphatic heterocycles. The molecule has 4 atom stereocenters. The fourth-order valence-electron chi connectivity index (χ4n) is 2.74. The minimum absolute atomic E-state index is 0. The first-order valence-corrected chi connectivity index (χ1v) is 9.98. The largest absolute Gasteiger partial charge is 1.00 e. The maximum atomic E-state index is 10.6. The zero-order valence-corrected chi connectivity index (χ0v) is 21.8. The van der Waals surface area contributed by atoms with Crippen molar-refractivity contribution in [2.45, 2.75) is 44.3 Å². The normalized spacial score (nSPS) is 23.8. The Bertz CT molecular complexity index is 883. The number of hydrogen-bond acceptors (Lipinski definition) is 12. The van der Waals surface area contributed by atoms with Gasteiger partial charge in [0.1, 0.15) is 18.3 Å². The topological polar surface area (TPSA) is 201 Å². The molecule has 2 aromatic heterocycles. The molecular formula is C14H20N5Na2O8P. The molecule has 0 aromatic carbocycles. The third-order valence-electron chi connectivity index (χ3n) is 4.17. The molecule has 3 rings (SSSR count). The van der Waals surface area contributed by atoms with Crippen LogP contribution in [0, 0.1) is 0 Å². The van der Waals surface area contributed by atoms with Crippen molar-refractivity contribution in [3.8, 4) is 6.01 Å². The van der Waals surface area contributed by atoms with Gasteiger partial charge in [0.2, 0.25) is 0 Å². The van der Waals surface area contributed by atoms with Gasteiger partial charge in [-0.2, -0.15) is 9.97 Å². The number of aliphatic hydroxyl groups is 2. The molecule has 0 bridgehead atoms. The fourth-order valence-corrected chi connectivity index (χ4v) is 3.07. The summed E-state index contributed by atoms with van der Waals surface area (Å²) in [4.78, 5) is 33.6. The number of phosphoric ester groups is 1. The van der Waals surface area contributed by atoms with E-state index in [0.717, 1.165) is 12.8 Å². The Morgan fingerprint density at radius 3 is 2.63 bits per heavy atom. The van der Waals surface area contributed by atoms with Crippen molar-refractivity contribution in [1.82, 2.24) is 19.5 Å². The number of rotatable bonds is 8. The van der Waals surface area contributed by atoms with Crippen molar-refractivity contribution in [3.05, 3.63) is 6.33 Å². The molecule has 0 radical (unpaired) electrons. The third-order valence-corrected chi connectivity index (χ3v) is 4.63. The van der Waals surface area contributed by atoms with Crippen LogP contribution in [0.4, 0.5) is 5.82 Å².